The number of fused-ring (bicyclic) bond motifs is 1. The second kappa shape index (κ2) is 8.70. The number of aryl methyl sites for hydroxylation is 1. The largest absolute Gasteiger partial charge is 0.481 e. The minimum Gasteiger partial charge on any atom is -0.481 e. The number of carboxylic acids is 1. The molecule has 0 saturated carbocycles. The van der Waals surface area contributed by atoms with Gasteiger partial charge in [0.15, 0.2) is 0 Å². The first-order valence-corrected chi connectivity index (χ1v) is 10.3. The third kappa shape index (κ3) is 4.67. The summed E-state index contributed by atoms with van der Waals surface area (Å²) in [7, 11) is 0. The number of benzene rings is 2. The molecule has 2 heterocycles. The molecule has 0 bridgehead atoms. The molecule has 168 valence electrons. The number of carboxylic acid groups (broad SMARTS) is 1. The van der Waals surface area contributed by atoms with E-state index in [2.05, 4.69) is 15.7 Å². The van der Waals surface area contributed by atoms with Gasteiger partial charge in [-0.05, 0) is 55.3 Å². The van der Waals surface area contributed by atoms with Crippen LogP contribution in [0.2, 0.25) is 0 Å². The smallest absolute Gasteiger partial charge is 0.307 e. The first-order chi connectivity index (χ1) is 15.7. The molecule has 0 aliphatic carbocycles. The van der Waals surface area contributed by atoms with Crippen molar-refractivity contribution in [1.29, 1.82) is 0 Å². The van der Waals surface area contributed by atoms with Crippen LogP contribution >= 0.6 is 0 Å². The molecule has 0 radical (unpaired) electrons. The number of aliphatic carboxylic acids is 1. The van der Waals surface area contributed by atoms with Gasteiger partial charge < -0.3 is 10.4 Å². The summed E-state index contributed by atoms with van der Waals surface area (Å²) in [5.74, 6) is -2.02. The average molecular weight is 446 g/mol. The summed E-state index contributed by atoms with van der Waals surface area (Å²) in [6.07, 6.45) is 0.0122. The fraction of sp³-hybridized carbons (Fsp3) is 0.208. The van der Waals surface area contributed by atoms with Crippen LogP contribution in [0.25, 0.3) is 0 Å². The van der Waals surface area contributed by atoms with Crippen molar-refractivity contribution in [3.8, 4) is 0 Å². The van der Waals surface area contributed by atoms with Crippen LogP contribution in [0.15, 0.2) is 42.5 Å². The number of imide groups is 1. The molecule has 4 rings (SSSR count). The predicted octanol–water partition coefficient (Wildman–Crippen LogP) is 2.24. The monoisotopic (exact) mass is 446 g/mol. The lowest BCUT2D eigenvalue weighted by Gasteiger charge is -2.16. The van der Waals surface area contributed by atoms with E-state index in [-0.39, 0.29) is 24.7 Å². The first kappa shape index (κ1) is 21.9. The fourth-order valence-electron chi connectivity index (χ4n) is 3.88. The Morgan fingerprint density at radius 1 is 1.12 bits per heavy atom. The van der Waals surface area contributed by atoms with E-state index in [1.165, 1.54) is 0 Å². The van der Waals surface area contributed by atoms with Crippen molar-refractivity contribution >= 4 is 29.4 Å². The number of anilines is 1. The Labute approximate surface area is 189 Å². The highest BCUT2D eigenvalue weighted by Gasteiger charge is 2.22. The molecule has 0 fully saturated rings. The van der Waals surface area contributed by atoms with Crippen LogP contribution in [0.4, 0.5) is 5.69 Å². The first-order valence-electron chi connectivity index (χ1n) is 10.3. The molecule has 33 heavy (non-hydrogen) atoms. The van der Waals surface area contributed by atoms with E-state index in [1.54, 1.807) is 41.9 Å². The molecule has 9 nitrogen and oxygen atoms in total. The van der Waals surface area contributed by atoms with Gasteiger partial charge in [-0.1, -0.05) is 12.1 Å². The SMILES string of the molecule is Cc1nn(Cc2ccc(C(=O)Nc3ccc4c(c3)CC(=O)NC4=O)cc2)c(C)c1CC(=O)O. The fourth-order valence-corrected chi connectivity index (χ4v) is 3.88. The van der Waals surface area contributed by atoms with Gasteiger partial charge in [-0.2, -0.15) is 5.10 Å². The maximum Gasteiger partial charge on any atom is 0.307 e. The molecule has 0 saturated heterocycles. The summed E-state index contributed by atoms with van der Waals surface area (Å²) < 4.78 is 1.76. The number of carbonyl (C=O) groups is 4. The average Bonchev–Trinajstić information content (AvgIpc) is 3.00. The number of nitrogens with one attached hydrogen (secondary N) is 2. The number of aromatic nitrogens is 2. The summed E-state index contributed by atoms with van der Waals surface area (Å²) in [6, 6.07) is 11.9. The normalized spacial score (nSPS) is 12.8. The van der Waals surface area contributed by atoms with Gasteiger partial charge in [-0.15, -0.1) is 0 Å². The Morgan fingerprint density at radius 3 is 2.55 bits per heavy atom. The summed E-state index contributed by atoms with van der Waals surface area (Å²) in [6.45, 7) is 4.09. The van der Waals surface area contributed by atoms with E-state index in [9.17, 15) is 19.2 Å². The summed E-state index contributed by atoms with van der Waals surface area (Å²) in [5.41, 5.74) is 5.06. The van der Waals surface area contributed by atoms with Gasteiger partial charge in [0, 0.05) is 28.1 Å². The van der Waals surface area contributed by atoms with E-state index in [0.717, 1.165) is 11.3 Å². The topological polar surface area (TPSA) is 130 Å². The van der Waals surface area contributed by atoms with E-state index >= 15 is 0 Å². The van der Waals surface area contributed by atoms with E-state index in [1.807, 2.05) is 19.1 Å². The third-order valence-electron chi connectivity index (χ3n) is 5.62. The van der Waals surface area contributed by atoms with Crippen molar-refractivity contribution in [3.05, 3.63) is 81.7 Å². The van der Waals surface area contributed by atoms with Crippen LogP contribution in [0.5, 0.6) is 0 Å². The lowest BCUT2D eigenvalue weighted by molar-refractivity contribution is -0.136. The number of hydrogen-bond donors (Lipinski definition) is 3. The van der Waals surface area contributed by atoms with E-state index in [4.69, 9.17) is 5.11 Å². The summed E-state index contributed by atoms with van der Waals surface area (Å²) in [4.78, 5) is 47.2. The number of hydrogen-bond acceptors (Lipinski definition) is 5. The van der Waals surface area contributed by atoms with Crippen LogP contribution in [-0.2, 0) is 29.0 Å². The van der Waals surface area contributed by atoms with Crippen molar-refractivity contribution in [2.75, 3.05) is 5.32 Å². The molecule has 0 atom stereocenters. The van der Waals surface area contributed by atoms with Gasteiger partial charge in [0.05, 0.1) is 25.1 Å². The zero-order chi connectivity index (χ0) is 23.7. The molecule has 1 aliphatic heterocycles. The lowest BCUT2D eigenvalue weighted by atomic mass is 9.99. The second-order valence-corrected chi connectivity index (χ2v) is 7.95. The van der Waals surface area contributed by atoms with Crippen LogP contribution in [0.3, 0.4) is 0 Å². The molecule has 0 unspecified atom stereocenters. The van der Waals surface area contributed by atoms with Crippen LogP contribution in [-0.4, -0.2) is 38.6 Å². The van der Waals surface area contributed by atoms with Gasteiger partial charge in [0.1, 0.15) is 0 Å². The van der Waals surface area contributed by atoms with Gasteiger partial charge in [0.2, 0.25) is 5.91 Å². The van der Waals surface area contributed by atoms with E-state index in [0.29, 0.717) is 40.2 Å². The van der Waals surface area contributed by atoms with Gasteiger partial charge >= 0.3 is 5.97 Å². The van der Waals surface area contributed by atoms with Crippen LogP contribution < -0.4 is 10.6 Å². The van der Waals surface area contributed by atoms with Gasteiger partial charge in [-0.25, -0.2) is 0 Å². The minimum atomic E-state index is -0.898. The number of nitrogens with zero attached hydrogens (tertiary/aromatic N) is 2. The lowest BCUT2D eigenvalue weighted by Crippen LogP contribution is -2.37. The maximum atomic E-state index is 12.7. The minimum absolute atomic E-state index is 0.0711. The van der Waals surface area contributed by atoms with Crippen molar-refractivity contribution in [3.63, 3.8) is 0 Å². The third-order valence-corrected chi connectivity index (χ3v) is 5.62. The van der Waals surface area contributed by atoms with Crippen LogP contribution in [0.1, 0.15) is 48.8 Å². The highest BCUT2D eigenvalue weighted by atomic mass is 16.4. The van der Waals surface area contributed by atoms with Gasteiger partial charge in [-0.3, -0.25) is 29.2 Å². The quantitative estimate of drug-likeness (QED) is 0.498. The predicted molar refractivity (Wildman–Crippen MR) is 119 cm³/mol. The van der Waals surface area contributed by atoms with Crippen molar-refractivity contribution < 1.29 is 24.3 Å². The molecule has 2 aromatic carbocycles. The molecule has 3 amide bonds. The Bertz CT molecular complexity index is 1290. The Kier molecular flexibility index (Phi) is 5.78. The van der Waals surface area contributed by atoms with Crippen LogP contribution in [0, 0.1) is 13.8 Å². The maximum absolute atomic E-state index is 12.7. The molecule has 3 aromatic rings. The zero-order valence-electron chi connectivity index (χ0n) is 18.1. The van der Waals surface area contributed by atoms with Crippen molar-refractivity contribution in [2.45, 2.75) is 33.2 Å². The van der Waals surface area contributed by atoms with Gasteiger partial charge in [0.25, 0.3) is 11.8 Å². The molecule has 1 aliphatic rings. The number of rotatable bonds is 6. The molecular formula is C24H22N4O5. The molecule has 3 N–H and O–H groups in total. The Balaban J connectivity index is 1.45. The highest BCUT2D eigenvalue weighted by Crippen LogP contribution is 2.21. The Hall–Kier alpha value is -4.27. The summed E-state index contributed by atoms with van der Waals surface area (Å²) >= 11 is 0. The molecule has 9 heteroatoms. The Morgan fingerprint density at radius 2 is 1.85 bits per heavy atom. The second-order valence-electron chi connectivity index (χ2n) is 7.95. The standard InChI is InChI=1S/C24H22N4O5/c1-13-20(11-22(30)31)14(2)28(27-13)12-15-3-5-16(6-4-15)23(32)25-18-7-8-19-17(9-18)10-21(29)26-24(19)33/h3-9H,10-12H2,1-2H3,(H,25,32)(H,30,31)(H,26,29,33). The van der Waals surface area contributed by atoms with E-state index < -0.39 is 11.9 Å². The zero-order valence-corrected chi connectivity index (χ0v) is 18.1. The molecular weight excluding hydrogens is 424 g/mol. The molecule has 1 aromatic heterocycles. The van der Waals surface area contributed by atoms with Crippen molar-refractivity contribution in [1.82, 2.24) is 15.1 Å². The molecule has 0 spiro atoms. The number of amides is 3. The number of carbonyl (C=O) groups excluding carboxylic acids is 3. The summed E-state index contributed by atoms with van der Waals surface area (Å²) in [5, 5.41) is 18.6. The highest BCUT2D eigenvalue weighted by molar-refractivity contribution is 6.10. The van der Waals surface area contributed by atoms with Crippen molar-refractivity contribution in [2.24, 2.45) is 0 Å².